The number of aromatic hydroxyl groups is 1. The van der Waals surface area contributed by atoms with E-state index in [1.54, 1.807) is 26.4 Å². The van der Waals surface area contributed by atoms with Crippen molar-refractivity contribution >= 4 is 17.5 Å². The molecule has 1 amide bonds. The van der Waals surface area contributed by atoms with E-state index in [2.05, 4.69) is 9.88 Å². The Balaban J connectivity index is 1.54. The van der Waals surface area contributed by atoms with E-state index in [0.717, 1.165) is 32.4 Å². The number of fused-ring (bicyclic) bond motifs is 3. The van der Waals surface area contributed by atoms with E-state index in [-0.39, 0.29) is 29.7 Å². The number of hydrogen-bond acceptors (Lipinski definition) is 10. The first-order valence-electron chi connectivity index (χ1n) is 14.6. The number of likely N-dealkylation sites (tertiary alicyclic amines) is 1. The lowest BCUT2D eigenvalue weighted by molar-refractivity contribution is -0.148. The molecular formula is C32H36N4O7. The van der Waals surface area contributed by atoms with Crippen molar-refractivity contribution in [2.24, 2.45) is 17.6 Å². The van der Waals surface area contributed by atoms with Crippen LogP contribution >= 0.6 is 0 Å². The normalized spacial score (nSPS) is 27.7. The molecule has 4 atom stereocenters. The molecule has 11 nitrogen and oxygen atoms in total. The predicted octanol–water partition coefficient (Wildman–Crippen LogP) is 2.17. The molecule has 6 N–H and O–H groups in total. The Morgan fingerprint density at radius 2 is 1.86 bits per heavy atom. The van der Waals surface area contributed by atoms with Crippen LogP contribution in [-0.4, -0.2) is 91.5 Å². The van der Waals surface area contributed by atoms with Crippen molar-refractivity contribution in [1.29, 1.82) is 0 Å². The molecule has 1 aromatic heterocycles. The number of piperidine rings is 1. The van der Waals surface area contributed by atoms with Crippen molar-refractivity contribution < 1.29 is 34.8 Å². The first-order chi connectivity index (χ1) is 20.5. The summed E-state index contributed by atoms with van der Waals surface area (Å²) < 4.78 is 0. The van der Waals surface area contributed by atoms with Gasteiger partial charge in [-0.1, -0.05) is 12.5 Å². The van der Waals surface area contributed by atoms with Crippen LogP contribution in [0.2, 0.25) is 0 Å². The van der Waals surface area contributed by atoms with Gasteiger partial charge in [-0.3, -0.25) is 29.2 Å². The summed E-state index contributed by atoms with van der Waals surface area (Å²) in [5.74, 6) is -6.59. The number of benzene rings is 1. The standard InChI is InChI=1S/C32H36N4O7/c1-35(2)25-20-14-16-12-19-18(21-8-4-5-9-34-21)13-17(15-36-10-6-3-7-11-36)26(37)23(19)27(38)22(16)29(40)32(20,43)30(41)24(28(25)39)31(33)42/h4-5,8-9,13,16,20,25,37,39-40,43H,3,6-7,10-12,14-15H2,1-2H3,(H2,33,42)/t16-,20-,25-,32-/m0/s1. The smallest absolute Gasteiger partial charge is 0.255 e. The molecule has 0 unspecified atom stereocenters. The number of ketones is 2. The summed E-state index contributed by atoms with van der Waals surface area (Å²) in [6, 6.07) is 6.31. The van der Waals surface area contributed by atoms with Crippen LogP contribution in [-0.2, 0) is 22.6 Å². The Labute approximate surface area is 248 Å². The molecule has 0 bridgehead atoms. The first kappa shape index (κ1) is 29.0. The lowest BCUT2D eigenvalue weighted by atomic mass is 9.58. The van der Waals surface area contributed by atoms with Gasteiger partial charge in [-0.15, -0.1) is 0 Å². The maximum Gasteiger partial charge on any atom is 0.255 e. The number of Topliss-reactive ketones (excluding diaryl/α,β-unsaturated/α-hetero) is 2. The second-order valence-corrected chi connectivity index (χ2v) is 12.3. The fourth-order valence-electron chi connectivity index (χ4n) is 7.60. The minimum absolute atomic E-state index is 0.0101. The molecule has 0 saturated carbocycles. The Morgan fingerprint density at radius 1 is 1.14 bits per heavy atom. The third kappa shape index (κ3) is 4.37. The van der Waals surface area contributed by atoms with E-state index in [1.807, 2.05) is 18.2 Å². The number of aromatic nitrogens is 1. The number of nitrogens with two attached hydrogens (primary N) is 1. The van der Waals surface area contributed by atoms with Gasteiger partial charge in [-0.25, -0.2) is 0 Å². The highest BCUT2D eigenvalue weighted by molar-refractivity contribution is 6.25. The van der Waals surface area contributed by atoms with Gasteiger partial charge in [0.2, 0.25) is 5.78 Å². The van der Waals surface area contributed by atoms with Crippen LogP contribution in [0.25, 0.3) is 11.3 Å². The molecule has 3 aliphatic carbocycles. The molecule has 4 aliphatic rings. The zero-order valence-electron chi connectivity index (χ0n) is 24.2. The third-order valence-electron chi connectivity index (χ3n) is 9.58. The van der Waals surface area contributed by atoms with Crippen LogP contribution in [0.1, 0.15) is 47.2 Å². The number of aliphatic hydroxyl groups is 3. The molecule has 1 aliphatic heterocycles. The number of phenolic OH excluding ortho intramolecular Hbond substituents is 1. The number of aliphatic hydroxyl groups excluding tert-OH is 2. The summed E-state index contributed by atoms with van der Waals surface area (Å²) in [5, 5.41) is 46.1. The molecule has 2 aromatic rings. The minimum atomic E-state index is -2.67. The Bertz CT molecular complexity index is 1590. The number of carbonyl (C=O) groups excluding carboxylic acids is 3. The second-order valence-electron chi connectivity index (χ2n) is 12.3. The van der Waals surface area contributed by atoms with Gasteiger partial charge in [0, 0.05) is 35.4 Å². The Hall–Kier alpha value is -4.06. The predicted molar refractivity (Wildman–Crippen MR) is 156 cm³/mol. The van der Waals surface area contributed by atoms with Crippen molar-refractivity contribution in [3.63, 3.8) is 0 Å². The molecule has 226 valence electrons. The van der Waals surface area contributed by atoms with E-state index < -0.39 is 58.0 Å². The highest BCUT2D eigenvalue weighted by atomic mass is 16.3. The summed E-state index contributed by atoms with van der Waals surface area (Å²) >= 11 is 0. The summed E-state index contributed by atoms with van der Waals surface area (Å²) in [5.41, 5.74) is 4.21. The van der Waals surface area contributed by atoms with Gasteiger partial charge in [0.1, 0.15) is 22.8 Å². The minimum Gasteiger partial charge on any atom is -0.510 e. The van der Waals surface area contributed by atoms with Gasteiger partial charge >= 0.3 is 0 Å². The SMILES string of the molecule is CN(C)[C@@H]1C(O)=C(C(N)=O)C(=O)[C@@]2(O)C(O)=C3C(=O)c4c(O)c(CN5CCCCC5)cc(-c5ccccn5)c4C[C@H]3C[C@@H]12. The number of primary amides is 1. The molecule has 1 saturated heterocycles. The topological polar surface area (TPSA) is 178 Å². The highest BCUT2D eigenvalue weighted by Gasteiger charge is 2.63. The maximum atomic E-state index is 14.3. The number of allylic oxidation sites excluding steroid dienone is 1. The first-order valence-corrected chi connectivity index (χ1v) is 14.6. The van der Waals surface area contributed by atoms with Crippen LogP contribution < -0.4 is 5.73 Å². The average molecular weight is 589 g/mol. The van der Waals surface area contributed by atoms with Crippen LogP contribution in [0, 0.1) is 11.8 Å². The third-order valence-corrected chi connectivity index (χ3v) is 9.58. The van der Waals surface area contributed by atoms with Gasteiger partial charge < -0.3 is 26.2 Å². The highest BCUT2D eigenvalue weighted by Crippen LogP contribution is 2.53. The fourth-order valence-corrected chi connectivity index (χ4v) is 7.60. The van der Waals surface area contributed by atoms with Gasteiger partial charge in [0.25, 0.3) is 5.91 Å². The lowest BCUT2D eigenvalue weighted by Crippen LogP contribution is -2.63. The number of nitrogens with zero attached hydrogens (tertiary/aromatic N) is 3. The van der Waals surface area contributed by atoms with Crippen molar-refractivity contribution in [2.75, 3.05) is 27.2 Å². The van der Waals surface area contributed by atoms with Crippen LogP contribution in [0.5, 0.6) is 5.75 Å². The molecular weight excluding hydrogens is 552 g/mol. The molecule has 0 radical (unpaired) electrons. The molecule has 1 fully saturated rings. The van der Waals surface area contributed by atoms with Crippen molar-refractivity contribution in [2.45, 2.75) is 50.3 Å². The number of carbonyl (C=O) groups is 3. The largest absolute Gasteiger partial charge is 0.510 e. The summed E-state index contributed by atoms with van der Waals surface area (Å²) in [7, 11) is 3.21. The number of likely N-dealkylation sites (N-methyl/N-ethyl adjacent to an activating group) is 1. The monoisotopic (exact) mass is 588 g/mol. The van der Waals surface area contributed by atoms with Crippen molar-refractivity contribution in [1.82, 2.24) is 14.8 Å². The van der Waals surface area contributed by atoms with Crippen LogP contribution in [0.3, 0.4) is 0 Å². The zero-order chi connectivity index (χ0) is 30.8. The number of rotatable bonds is 5. The summed E-state index contributed by atoms with van der Waals surface area (Å²) in [6.07, 6.45) is 5.11. The van der Waals surface area contributed by atoms with Crippen molar-refractivity contribution in [3.05, 3.63) is 69.8 Å². The lowest BCUT2D eigenvalue weighted by Gasteiger charge is -2.50. The number of amides is 1. The Morgan fingerprint density at radius 3 is 2.49 bits per heavy atom. The van der Waals surface area contributed by atoms with E-state index in [0.29, 0.717) is 28.9 Å². The quantitative estimate of drug-likeness (QED) is 0.325. The Kier molecular flexibility index (Phi) is 7.15. The van der Waals surface area contributed by atoms with Crippen LogP contribution in [0.4, 0.5) is 0 Å². The average Bonchev–Trinajstić information content (AvgIpc) is 2.97. The van der Waals surface area contributed by atoms with Gasteiger partial charge in [-0.05, 0) is 82.5 Å². The van der Waals surface area contributed by atoms with Gasteiger partial charge in [0.05, 0.1) is 17.3 Å². The summed E-state index contributed by atoms with van der Waals surface area (Å²) in [6.45, 7) is 2.15. The van der Waals surface area contributed by atoms with E-state index in [1.165, 1.54) is 4.90 Å². The molecule has 1 aromatic carbocycles. The molecule has 43 heavy (non-hydrogen) atoms. The zero-order valence-corrected chi connectivity index (χ0v) is 24.2. The van der Waals surface area contributed by atoms with Crippen molar-refractivity contribution in [3.8, 4) is 17.0 Å². The summed E-state index contributed by atoms with van der Waals surface area (Å²) in [4.78, 5) is 48.4. The number of pyridine rings is 1. The number of hydrogen-bond donors (Lipinski definition) is 5. The molecule has 11 heteroatoms. The fraction of sp³-hybridized carbons (Fsp3) is 0.438. The number of phenols is 1. The molecule has 2 heterocycles. The van der Waals surface area contributed by atoms with E-state index in [9.17, 15) is 34.8 Å². The van der Waals surface area contributed by atoms with E-state index in [4.69, 9.17) is 5.73 Å². The molecule has 0 spiro atoms. The van der Waals surface area contributed by atoms with Gasteiger partial charge in [-0.2, -0.15) is 0 Å². The second kappa shape index (κ2) is 10.6. The van der Waals surface area contributed by atoms with Gasteiger partial charge in [0.15, 0.2) is 11.4 Å². The molecule has 6 rings (SSSR count). The maximum absolute atomic E-state index is 14.3. The van der Waals surface area contributed by atoms with E-state index >= 15 is 0 Å². The van der Waals surface area contributed by atoms with Crippen LogP contribution in [0.15, 0.2) is 53.1 Å².